The van der Waals surface area contributed by atoms with Gasteiger partial charge in [-0.2, -0.15) is 0 Å². The zero-order valence-corrected chi connectivity index (χ0v) is 13.9. The lowest BCUT2D eigenvalue weighted by molar-refractivity contribution is 0.0994. The summed E-state index contributed by atoms with van der Waals surface area (Å²) in [6, 6.07) is 13.3. The van der Waals surface area contributed by atoms with Crippen molar-refractivity contribution in [2.75, 3.05) is 0 Å². The Labute approximate surface area is 137 Å². The topological polar surface area (TPSA) is 47.8 Å². The van der Waals surface area contributed by atoms with Crippen LogP contribution >= 0.6 is 23.1 Å². The van der Waals surface area contributed by atoms with Crippen LogP contribution in [0.15, 0.2) is 53.0 Å². The molecule has 0 radical (unpaired) electrons. The molecule has 2 aromatic heterocycles. The Bertz CT molecular complexity index is 766. The quantitative estimate of drug-likeness (QED) is 0.526. The molecule has 0 bridgehead atoms. The first-order valence-electron chi connectivity index (χ1n) is 6.86. The van der Waals surface area contributed by atoms with E-state index >= 15 is 0 Å². The van der Waals surface area contributed by atoms with Gasteiger partial charge in [-0.15, -0.1) is 21.5 Å². The molecule has 3 rings (SSSR count). The Balaban J connectivity index is 1.78. The average Bonchev–Trinajstić information content (AvgIpc) is 3.18. The van der Waals surface area contributed by atoms with Gasteiger partial charge in [-0.1, -0.05) is 48.2 Å². The minimum absolute atomic E-state index is 0.103. The van der Waals surface area contributed by atoms with Gasteiger partial charge in [-0.05, 0) is 18.4 Å². The Morgan fingerprint density at radius 3 is 2.64 bits per heavy atom. The third-order valence-corrected chi connectivity index (χ3v) is 5.29. The Morgan fingerprint density at radius 1 is 1.18 bits per heavy atom. The van der Waals surface area contributed by atoms with E-state index in [0.717, 1.165) is 21.4 Å². The van der Waals surface area contributed by atoms with E-state index in [-0.39, 0.29) is 11.0 Å². The van der Waals surface area contributed by atoms with Gasteiger partial charge in [-0.3, -0.25) is 4.79 Å². The van der Waals surface area contributed by atoms with Crippen LogP contribution in [0.25, 0.3) is 10.7 Å². The van der Waals surface area contributed by atoms with Crippen LogP contribution in [0, 0.1) is 0 Å². The number of ketones is 1. The van der Waals surface area contributed by atoms with E-state index in [1.165, 1.54) is 11.8 Å². The zero-order chi connectivity index (χ0) is 15.5. The fourth-order valence-electron chi connectivity index (χ4n) is 2.09. The molecule has 3 aromatic rings. The van der Waals surface area contributed by atoms with Crippen LogP contribution in [-0.2, 0) is 7.05 Å². The monoisotopic (exact) mass is 329 g/mol. The first-order valence-corrected chi connectivity index (χ1v) is 8.62. The van der Waals surface area contributed by atoms with Crippen molar-refractivity contribution in [3.63, 3.8) is 0 Å². The van der Waals surface area contributed by atoms with Crippen molar-refractivity contribution in [1.29, 1.82) is 0 Å². The zero-order valence-electron chi connectivity index (χ0n) is 12.3. The fourth-order valence-corrected chi connectivity index (χ4v) is 3.72. The maximum absolute atomic E-state index is 12.4. The smallest absolute Gasteiger partial charge is 0.191 e. The molecule has 0 aliphatic heterocycles. The number of hydrogen-bond donors (Lipinski definition) is 0. The minimum Gasteiger partial charge on any atom is -0.304 e. The highest BCUT2D eigenvalue weighted by Crippen LogP contribution is 2.29. The number of hydrogen-bond acceptors (Lipinski definition) is 5. The van der Waals surface area contributed by atoms with E-state index in [1.807, 2.05) is 66.4 Å². The fraction of sp³-hybridized carbons (Fsp3) is 0.188. The van der Waals surface area contributed by atoms with Crippen molar-refractivity contribution in [3.8, 4) is 10.7 Å². The molecule has 112 valence electrons. The van der Waals surface area contributed by atoms with Crippen molar-refractivity contribution in [1.82, 2.24) is 14.8 Å². The van der Waals surface area contributed by atoms with Gasteiger partial charge in [0.05, 0.1) is 10.1 Å². The van der Waals surface area contributed by atoms with Gasteiger partial charge in [0, 0.05) is 12.6 Å². The molecule has 22 heavy (non-hydrogen) atoms. The van der Waals surface area contributed by atoms with Crippen molar-refractivity contribution >= 4 is 28.9 Å². The number of thioether (sulfide) groups is 1. The molecular weight excluding hydrogens is 314 g/mol. The molecular formula is C16H15N3OS2. The molecule has 1 atom stereocenters. The number of carbonyl (C=O) groups is 1. The largest absolute Gasteiger partial charge is 0.304 e. The second-order valence-corrected chi connectivity index (χ2v) is 7.09. The first-order chi connectivity index (χ1) is 10.7. The highest BCUT2D eigenvalue weighted by atomic mass is 32.2. The van der Waals surface area contributed by atoms with E-state index < -0.39 is 0 Å². The van der Waals surface area contributed by atoms with Crippen LogP contribution in [0.5, 0.6) is 0 Å². The molecule has 4 nitrogen and oxygen atoms in total. The third-order valence-electron chi connectivity index (χ3n) is 3.29. The molecule has 6 heteroatoms. The summed E-state index contributed by atoms with van der Waals surface area (Å²) in [6.45, 7) is 1.90. The van der Waals surface area contributed by atoms with Crippen molar-refractivity contribution < 1.29 is 4.79 Å². The van der Waals surface area contributed by atoms with E-state index in [0.29, 0.717) is 0 Å². The molecule has 0 spiro atoms. The van der Waals surface area contributed by atoms with Gasteiger partial charge >= 0.3 is 0 Å². The summed E-state index contributed by atoms with van der Waals surface area (Å²) in [5, 5.41) is 11.0. The molecule has 0 saturated heterocycles. The van der Waals surface area contributed by atoms with Crippen LogP contribution in [0.3, 0.4) is 0 Å². The van der Waals surface area contributed by atoms with Gasteiger partial charge in [0.15, 0.2) is 16.8 Å². The average molecular weight is 329 g/mol. The summed E-state index contributed by atoms with van der Waals surface area (Å²) in [4.78, 5) is 13.5. The lowest BCUT2D eigenvalue weighted by Crippen LogP contribution is -2.14. The Morgan fingerprint density at radius 2 is 1.95 bits per heavy atom. The number of aromatic nitrogens is 3. The normalized spacial score (nSPS) is 12.3. The number of Topliss-reactive ketones (excluding diaryl/α,β-unsaturated/α-hetero) is 1. The SMILES string of the molecule is C[C@@H](Sc1nnc(-c2cccs2)n1C)C(=O)c1ccccc1. The Hall–Kier alpha value is -1.92. The molecule has 0 aliphatic carbocycles. The summed E-state index contributed by atoms with van der Waals surface area (Å²) in [5.41, 5.74) is 0.725. The second-order valence-electron chi connectivity index (χ2n) is 4.83. The molecule has 2 heterocycles. The summed E-state index contributed by atoms with van der Waals surface area (Å²) in [7, 11) is 1.93. The summed E-state index contributed by atoms with van der Waals surface area (Å²) < 4.78 is 1.94. The predicted molar refractivity (Wildman–Crippen MR) is 90.4 cm³/mol. The van der Waals surface area contributed by atoms with Crippen LogP contribution in [0.2, 0.25) is 0 Å². The van der Waals surface area contributed by atoms with E-state index in [2.05, 4.69) is 10.2 Å². The first kappa shape index (κ1) is 15.0. The lowest BCUT2D eigenvalue weighted by atomic mass is 10.1. The maximum atomic E-state index is 12.4. The number of thiophene rings is 1. The van der Waals surface area contributed by atoms with Crippen LogP contribution in [0.1, 0.15) is 17.3 Å². The van der Waals surface area contributed by atoms with Crippen molar-refractivity contribution in [2.45, 2.75) is 17.3 Å². The summed E-state index contributed by atoms with van der Waals surface area (Å²) >= 11 is 3.06. The van der Waals surface area contributed by atoms with Gasteiger partial charge in [0.2, 0.25) is 0 Å². The summed E-state index contributed by atoms with van der Waals surface area (Å²) in [6.07, 6.45) is 0. The number of rotatable bonds is 5. The van der Waals surface area contributed by atoms with E-state index in [4.69, 9.17) is 0 Å². The predicted octanol–water partition coefficient (Wildman–Crippen LogP) is 3.91. The van der Waals surface area contributed by atoms with Crippen LogP contribution in [-0.4, -0.2) is 25.8 Å². The van der Waals surface area contributed by atoms with Gasteiger partial charge in [-0.25, -0.2) is 0 Å². The molecule has 0 amide bonds. The minimum atomic E-state index is -0.207. The van der Waals surface area contributed by atoms with Crippen molar-refractivity contribution in [2.24, 2.45) is 7.05 Å². The van der Waals surface area contributed by atoms with E-state index in [1.54, 1.807) is 11.3 Å². The van der Waals surface area contributed by atoms with E-state index in [9.17, 15) is 4.79 Å². The molecule has 0 unspecified atom stereocenters. The summed E-state index contributed by atoms with van der Waals surface area (Å²) in [5.74, 6) is 0.933. The van der Waals surface area contributed by atoms with Gasteiger partial charge in [0.25, 0.3) is 0 Å². The van der Waals surface area contributed by atoms with Crippen molar-refractivity contribution in [3.05, 3.63) is 53.4 Å². The molecule has 0 saturated carbocycles. The lowest BCUT2D eigenvalue weighted by Gasteiger charge is -2.09. The molecule has 0 aliphatic rings. The molecule has 0 N–H and O–H groups in total. The third kappa shape index (κ3) is 2.98. The van der Waals surface area contributed by atoms with Crippen LogP contribution < -0.4 is 0 Å². The standard InChI is InChI=1S/C16H15N3OS2/c1-11(14(20)12-7-4-3-5-8-12)22-16-18-17-15(19(16)2)13-9-6-10-21-13/h3-11H,1-2H3/t11-/m1/s1. The van der Waals surface area contributed by atoms with Gasteiger partial charge in [0.1, 0.15) is 0 Å². The van der Waals surface area contributed by atoms with Crippen LogP contribution in [0.4, 0.5) is 0 Å². The second kappa shape index (κ2) is 6.46. The molecule has 0 fully saturated rings. The highest BCUT2D eigenvalue weighted by Gasteiger charge is 2.20. The number of nitrogens with zero attached hydrogens (tertiary/aromatic N) is 3. The highest BCUT2D eigenvalue weighted by molar-refractivity contribution is 8.00. The number of benzene rings is 1. The number of carbonyl (C=O) groups excluding carboxylic acids is 1. The maximum Gasteiger partial charge on any atom is 0.191 e. The van der Waals surface area contributed by atoms with Gasteiger partial charge < -0.3 is 4.57 Å². The molecule has 1 aromatic carbocycles. The Kier molecular flexibility index (Phi) is 4.40.